The zero-order valence-corrected chi connectivity index (χ0v) is 18.9. The van der Waals surface area contributed by atoms with Crippen LogP contribution in [0.25, 0.3) is 21.3 Å². The quantitative estimate of drug-likeness (QED) is 0.480. The summed E-state index contributed by atoms with van der Waals surface area (Å²) in [4.78, 5) is 12.8. The van der Waals surface area contributed by atoms with E-state index in [2.05, 4.69) is 68.5 Å². The first-order chi connectivity index (χ1) is 14.4. The molecule has 8 heteroatoms. The van der Waals surface area contributed by atoms with Crippen molar-refractivity contribution in [3.05, 3.63) is 53.2 Å². The molecule has 0 radical (unpaired) electrons. The van der Waals surface area contributed by atoms with Crippen LogP contribution >= 0.6 is 11.3 Å². The first kappa shape index (κ1) is 20.4. The predicted molar refractivity (Wildman–Crippen MR) is 123 cm³/mol. The van der Waals surface area contributed by atoms with Crippen molar-refractivity contribution >= 4 is 27.4 Å². The smallest absolute Gasteiger partial charge is 0.152 e. The molecule has 0 amide bonds. The molecule has 0 saturated heterocycles. The summed E-state index contributed by atoms with van der Waals surface area (Å²) in [5, 5.41) is 15.5. The van der Waals surface area contributed by atoms with Crippen LogP contribution < -0.4 is 5.32 Å². The summed E-state index contributed by atoms with van der Waals surface area (Å²) in [5.41, 5.74) is 2.31. The highest BCUT2D eigenvalue weighted by atomic mass is 32.1. The summed E-state index contributed by atoms with van der Waals surface area (Å²) in [6.45, 7) is 5.48. The maximum Gasteiger partial charge on any atom is 0.152 e. The Morgan fingerprint density at radius 1 is 1.10 bits per heavy atom. The Kier molecular flexibility index (Phi) is 5.78. The molecule has 4 aromatic rings. The molecule has 3 heterocycles. The maximum absolute atomic E-state index is 4.87. The first-order valence-electron chi connectivity index (χ1n) is 10.0. The van der Waals surface area contributed by atoms with Crippen molar-refractivity contribution < 1.29 is 0 Å². The third kappa shape index (κ3) is 4.06. The van der Waals surface area contributed by atoms with Crippen molar-refractivity contribution in [3.63, 3.8) is 0 Å². The molecule has 0 spiro atoms. The molecule has 7 nitrogen and oxygen atoms in total. The maximum atomic E-state index is 4.87. The number of nitrogens with zero attached hydrogens (tertiary/aromatic N) is 6. The second-order valence-electron chi connectivity index (χ2n) is 7.96. The van der Waals surface area contributed by atoms with E-state index in [0.29, 0.717) is 19.0 Å². The van der Waals surface area contributed by atoms with Gasteiger partial charge in [0.2, 0.25) is 0 Å². The lowest BCUT2D eigenvalue weighted by Gasteiger charge is -2.13. The van der Waals surface area contributed by atoms with Crippen LogP contribution in [0.4, 0.5) is 5.82 Å². The number of fused-ring (bicyclic) bond motifs is 1. The van der Waals surface area contributed by atoms with E-state index in [1.54, 1.807) is 11.3 Å². The normalized spacial score (nSPS) is 11.7. The molecule has 0 aliphatic carbocycles. The van der Waals surface area contributed by atoms with Crippen LogP contribution in [0, 0.1) is 0 Å². The molecule has 0 bridgehead atoms. The second-order valence-corrected chi connectivity index (χ2v) is 8.82. The van der Waals surface area contributed by atoms with Crippen LogP contribution in [-0.2, 0) is 20.1 Å². The molecular formula is C22H27N7S. The number of anilines is 1. The first-order valence-corrected chi connectivity index (χ1v) is 10.9. The van der Waals surface area contributed by atoms with Crippen molar-refractivity contribution in [3.8, 4) is 11.1 Å². The van der Waals surface area contributed by atoms with Gasteiger partial charge in [0.25, 0.3) is 0 Å². The topological polar surface area (TPSA) is 71.8 Å². The Bertz CT molecular complexity index is 1150. The fourth-order valence-electron chi connectivity index (χ4n) is 3.49. The Hall–Kier alpha value is -2.84. The van der Waals surface area contributed by atoms with Crippen LogP contribution in [0.15, 0.2) is 35.7 Å². The lowest BCUT2D eigenvalue weighted by Crippen LogP contribution is -2.15. The number of benzene rings is 1. The highest BCUT2D eigenvalue weighted by molar-refractivity contribution is 7.17. The molecule has 0 atom stereocenters. The lowest BCUT2D eigenvalue weighted by molar-refractivity contribution is 0.391. The highest BCUT2D eigenvalue weighted by Crippen LogP contribution is 2.37. The molecule has 1 aromatic carbocycles. The molecule has 4 rings (SSSR count). The van der Waals surface area contributed by atoms with E-state index < -0.39 is 0 Å². The summed E-state index contributed by atoms with van der Waals surface area (Å²) >= 11 is 1.65. The molecular weight excluding hydrogens is 394 g/mol. The van der Waals surface area contributed by atoms with Crippen LogP contribution in [-0.4, -0.2) is 43.7 Å². The van der Waals surface area contributed by atoms with E-state index in [-0.39, 0.29) is 0 Å². The van der Waals surface area contributed by atoms with Gasteiger partial charge in [-0.15, -0.1) is 21.5 Å². The summed E-state index contributed by atoms with van der Waals surface area (Å²) in [5.74, 6) is 3.84. The van der Waals surface area contributed by atoms with Gasteiger partial charge in [-0.3, -0.25) is 0 Å². The summed E-state index contributed by atoms with van der Waals surface area (Å²) in [7, 11) is 6.06. The van der Waals surface area contributed by atoms with Gasteiger partial charge >= 0.3 is 0 Å². The predicted octanol–water partition coefficient (Wildman–Crippen LogP) is 4.28. The van der Waals surface area contributed by atoms with Crippen molar-refractivity contribution in [1.82, 2.24) is 29.6 Å². The number of thiophene rings is 1. The fraction of sp³-hybridized carbons (Fsp3) is 0.364. The van der Waals surface area contributed by atoms with Gasteiger partial charge in [0, 0.05) is 23.9 Å². The average Bonchev–Trinajstić information content (AvgIpc) is 3.30. The van der Waals surface area contributed by atoms with Gasteiger partial charge in [0.1, 0.15) is 22.3 Å². The lowest BCUT2D eigenvalue weighted by atomic mass is 10.1. The van der Waals surface area contributed by atoms with Crippen LogP contribution in [0.5, 0.6) is 0 Å². The third-order valence-corrected chi connectivity index (χ3v) is 5.82. The Morgan fingerprint density at radius 2 is 1.87 bits per heavy atom. The van der Waals surface area contributed by atoms with E-state index in [9.17, 15) is 0 Å². The number of hydrogen-bond donors (Lipinski definition) is 1. The number of rotatable bonds is 7. The molecule has 0 aliphatic heterocycles. The monoisotopic (exact) mass is 421 g/mol. The molecule has 0 fully saturated rings. The summed E-state index contributed by atoms with van der Waals surface area (Å²) in [6.07, 6.45) is 0. The molecule has 3 aromatic heterocycles. The summed E-state index contributed by atoms with van der Waals surface area (Å²) in [6, 6.07) is 10.4. The zero-order chi connectivity index (χ0) is 21.3. The molecule has 156 valence electrons. The van der Waals surface area contributed by atoms with Crippen LogP contribution in [0.3, 0.4) is 0 Å². The largest absolute Gasteiger partial charge is 0.362 e. The van der Waals surface area contributed by atoms with Gasteiger partial charge in [0.05, 0.1) is 18.5 Å². The highest BCUT2D eigenvalue weighted by Gasteiger charge is 2.17. The minimum Gasteiger partial charge on any atom is -0.362 e. The zero-order valence-electron chi connectivity index (χ0n) is 18.0. The Morgan fingerprint density at radius 3 is 2.53 bits per heavy atom. The standard InChI is InChI=1S/C22H27N7S/c1-14(2)21-27-26-18(29(21)5)11-23-20-19-16(15-9-7-6-8-10-15)13-30-22(19)25-17(24-20)12-28(3)4/h6-10,13-14H,11-12H2,1-5H3,(H,23,24,25). The Balaban J connectivity index is 1.75. The number of hydrogen-bond acceptors (Lipinski definition) is 7. The van der Waals surface area contributed by atoms with E-state index in [1.165, 1.54) is 0 Å². The van der Waals surface area contributed by atoms with Gasteiger partial charge in [-0.1, -0.05) is 44.2 Å². The Labute approximate surface area is 180 Å². The van der Waals surface area contributed by atoms with Gasteiger partial charge in [-0.05, 0) is 19.7 Å². The van der Waals surface area contributed by atoms with Gasteiger partial charge in [0.15, 0.2) is 5.82 Å². The fourth-order valence-corrected chi connectivity index (χ4v) is 4.46. The van der Waals surface area contributed by atoms with Crippen molar-refractivity contribution in [2.75, 3.05) is 19.4 Å². The molecule has 1 N–H and O–H groups in total. The van der Waals surface area contributed by atoms with Crippen molar-refractivity contribution in [2.24, 2.45) is 7.05 Å². The van der Waals surface area contributed by atoms with Crippen molar-refractivity contribution in [2.45, 2.75) is 32.9 Å². The van der Waals surface area contributed by atoms with Crippen LogP contribution in [0.2, 0.25) is 0 Å². The molecule has 30 heavy (non-hydrogen) atoms. The van der Waals surface area contributed by atoms with Crippen LogP contribution in [0.1, 0.15) is 37.2 Å². The third-order valence-electron chi connectivity index (χ3n) is 4.95. The molecule has 0 saturated carbocycles. The van der Waals surface area contributed by atoms with E-state index >= 15 is 0 Å². The number of aromatic nitrogens is 5. The second kappa shape index (κ2) is 8.49. The SMILES string of the molecule is CC(C)c1nnc(CNc2nc(CN(C)C)nc3scc(-c4ccccc4)c23)n1C. The van der Waals surface area contributed by atoms with Gasteiger partial charge in [-0.2, -0.15) is 0 Å². The minimum atomic E-state index is 0.329. The van der Waals surface area contributed by atoms with E-state index in [1.807, 2.05) is 27.2 Å². The van der Waals surface area contributed by atoms with Gasteiger partial charge in [-0.25, -0.2) is 9.97 Å². The average molecular weight is 422 g/mol. The summed E-state index contributed by atoms with van der Waals surface area (Å²) < 4.78 is 2.06. The van der Waals surface area contributed by atoms with Gasteiger partial charge < -0.3 is 14.8 Å². The molecule has 0 aliphatic rings. The van der Waals surface area contributed by atoms with E-state index in [4.69, 9.17) is 9.97 Å². The minimum absolute atomic E-state index is 0.329. The van der Waals surface area contributed by atoms with E-state index in [0.717, 1.165) is 44.6 Å². The number of nitrogens with one attached hydrogen (secondary N) is 1. The van der Waals surface area contributed by atoms with Crippen molar-refractivity contribution in [1.29, 1.82) is 0 Å². The molecule has 0 unspecified atom stereocenters.